The highest BCUT2D eigenvalue weighted by Gasteiger charge is 2.02. The van der Waals surface area contributed by atoms with Crippen LogP contribution in [0.15, 0.2) is 12.4 Å². The van der Waals surface area contributed by atoms with Crippen LogP contribution in [0.3, 0.4) is 0 Å². The Morgan fingerprint density at radius 2 is 2.11 bits per heavy atom. The lowest BCUT2D eigenvalue weighted by Crippen LogP contribution is -2.07. The predicted octanol–water partition coefficient (Wildman–Crippen LogP) is 0.966. The summed E-state index contributed by atoms with van der Waals surface area (Å²) in [6.07, 6.45) is 7.16. The van der Waals surface area contributed by atoms with Gasteiger partial charge in [0.25, 0.3) is 0 Å². The molecule has 8 heteroatoms. The van der Waals surface area contributed by atoms with Gasteiger partial charge in [-0.3, -0.25) is 9.78 Å². The third-order valence-electron chi connectivity index (χ3n) is 2.73. The van der Waals surface area contributed by atoms with Crippen molar-refractivity contribution in [1.29, 1.82) is 0 Å². The summed E-state index contributed by atoms with van der Waals surface area (Å²) in [6, 6.07) is 0. The van der Waals surface area contributed by atoms with Crippen LogP contribution in [-0.4, -0.2) is 42.6 Å². The lowest BCUT2D eigenvalue weighted by molar-refractivity contribution is -0.137. The summed E-state index contributed by atoms with van der Waals surface area (Å²) in [4.78, 5) is 14.4. The molecule has 0 saturated heterocycles. The molecule has 0 fully saturated rings. The van der Waals surface area contributed by atoms with Gasteiger partial charge in [-0.2, -0.15) is 4.52 Å². The van der Waals surface area contributed by atoms with Gasteiger partial charge in [0.1, 0.15) is 5.82 Å². The smallest absolute Gasteiger partial charge is 0.303 e. The van der Waals surface area contributed by atoms with E-state index in [4.69, 9.17) is 5.11 Å². The highest BCUT2D eigenvalue weighted by atomic mass is 16.4. The van der Waals surface area contributed by atoms with Crippen LogP contribution in [0.5, 0.6) is 0 Å². The minimum Gasteiger partial charge on any atom is -0.481 e. The fourth-order valence-electron chi connectivity index (χ4n) is 1.77. The van der Waals surface area contributed by atoms with E-state index in [1.807, 2.05) is 0 Å². The lowest BCUT2D eigenvalue weighted by atomic mass is 10.1. The van der Waals surface area contributed by atoms with E-state index in [2.05, 4.69) is 25.8 Å². The number of nitrogens with zero attached hydrogens (tertiary/aromatic N) is 5. The lowest BCUT2D eigenvalue weighted by Gasteiger charge is -2.06. The molecule has 2 aromatic rings. The van der Waals surface area contributed by atoms with Gasteiger partial charge in [-0.25, -0.2) is 0 Å². The summed E-state index contributed by atoms with van der Waals surface area (Å²) in [5.41, 5.74) is 0.603. The minimum atomic E-state index is -0.727. The summed E-state index contributed by atoms with van der Waals surface area (Å²) in [7, 11) is 0. The molecule has 0 saturated carbocycles. The second-order valence-corrected chi connectivity index (χ2v) is 4.23. The molecule has 2 N–H and O–H groups in total. The van der Waals surface area contributed by atoms with Gasteiger partial charge in [-0.15, -0.1) is 5.10 Å². The van der Waals surface area contributed by atoms with Gasteiger partial charge < -0.3 is 10.4 Å². The molecule has 0 aromatic carbocycles. The first kappa shape index (κ1) is 13.2. The summed E-state index contributed by atoms with van der Waals surface area (Å²) >= 11 is 0. The van der Waals surface area contributed by atoms with Gasteiger partial charge in [0.15, 0.2) is 5.65 Å². The van der Waals surface area contributed by atoms with Crippen molar-refractivity contribution in [3.63, 3.8) is 0 Å². The van der Waals surface area contributed by atoms with Gasteiger partial charge in [0, 0.05) is 13.0 Å². The summed E-state index contributed by atoms with van der Waals surface area (Å²) in [5, 5.41) is 23.0. The molecule has 0 aliphatic carbocycles. The second kappa shape index (κ2) is 6.62. The van der Waals surface area contributed by atoms with E-state index in [9.17, 15) is 4.79 Å². The number of carboxylic acid groups (broad SMARTS) is 1. The van der Waals surface area contributed by atoms with Crippen LogP contribution in [0, 0.1) is 0 Å². The standard InChI is InChI=1S/C11H16N6O2/c18-11(19)5-3-1-2-4-6-13-9-7-12-8-10-14-15-16-17(9)10/h7-8,13H,1-6H2,(H,18,19). The molecule has 0 radical (unpaired) electrons. The van der Waals surface area contributed by atoms with Gasteiger partial charge in [-0.05, 0) is 23.3 Å². The van der Waals surface area contributed by atoms with E-state index in [1.165, 1.54) is 0 Å². The summed E-state index contributed by atoms with van der Waals surface area (Å²) < 4.78 is 1.59. The van der Waals surface area contributed by atoms with E-state index < -0.39 is 5.97 Å². The number of carboxylic acids is 1. The first-order valence-corrected chi connectivity index (χ1v) is 6.25. The highest BCUT2D eigenvalue weighted by molar-refractivity contribution is 5.66. The predicted molar refractivity (Wildman–Crippen MR) is 67.8 cm³/mol. The molecule has 8 nitrogen and oxygen atoms in total. The maximum atomic E-state index is 10.3. The van der Waals surface area contributed by atoms with Crippen molar-refractivity contribution >= 4 is 17.4 Å². The molecule has 0 unspecified atom stereocenters. The van der Waals surface area contributed by atoms with Crippen LogP contribution in [0.2, 0.25) is 0 Å². The fraction of sp³-hybridized carbons (Fsp3) is 0.545. The zero-order chi connectivity index (χ0) is 13.5. The average Bonchev–Trinajstić information content (AvgIpc) is 2.86. The van der Waals surface area contributed by atoms with Crippen LogP contribution in [-0.2, 0) is 4.79 Å². The Balaban J connectivity index is 1.68. The minimum absolute atomic E-state index is 0.251. The van der Waals surface area contributed by atoms with E-state index in [-0.39, 0.29) is 6.42 Å². The van der Waals surface area contributed by atoms with Crippen LogP contribution in [0.1, 0.15) is 32.1 Å². The number of aromatic nitrogens is 5. The van der Waals surface area contributed by atoms with Crippen molar-refractivity contribution in [2.24, 2.45) is 0 Å². The molecule has 102 valence electrons. The topological polar surface area (TPSA) is 105 Å². The number of hydrogen-bond acceptors (Lipinski definition) is 6. The first-order chi connectivity index (χ1) is 9.27. The fourth-order valence-corrected chi connectivity index (χ4v) is 1.77. The number of rotatable bonds is 8. The SMILES string of the molecule is O=C(O)CCCCCCNc1cncc2nnnn12. The highest BCUT2D eigenvalue weighted by Crippen LogP contribution is 2.07. The van der Waals surface area contributed by atoms with Crippen molar-refractivity contribution in [1.82, 2.24) is 25.0 Å². The van der Waals surface area contributed by atoms with E-state index >= 15 is 0 Å². The summed E-state index contributed by atoms with van der Waals surface area (Å²) in [5.74, 6) is 0.0302. The average molecular weight is 264 g/mol. The van der Waals surface area contributed by atoms with Crippen molar-refractivity contribution in [2.75, 3.05) is 11.9 Å². The molecule has 2 aromatic heterocycles. The number of fused-ring (bicyclic) bond motifs is 1. The number of carbonyl (C=O) groups is 1. The van der Waals surface area contributed by atoms with Crippen LogP contribution >= 0.6 is 0 Å². The van der Waals surface area contributed by atoms with Crippen LogP contribution in [0.25, 0.3) is 5.65 Å². The molecule has 0 bridgehead atoms. The molecular formula is C11H16N6O2. The number of hydrogen-bond donors (Lipinski definition) is 2. The number of aliphatic carboxylic acids is 1. The van der Waals surface area contributed by atoms with Crippen molar-refractivity contribution in [3.05, 3.63) is 12.4 Å². The number of tetrazole rings is 1. The monoisotopic (exact) mass is 264 g/mol. The number of unbranched alkanes of at least 4 members (excludes halogenated alkanes) is 3. The Morgan fingerprint density at radius 3 is 2.95 bits per heavy atom. The Kier molecular flexibility index (Phi) is 4.60. The quantitative estimate of drug-likeness (QED) is 0.684. The third kappa shape index (κ3) is 3.87. The van der Waals surface area contributed by atoms with E-state index in [1.54, 1.807) is 16.9 Å². The summed E-state index contributed by atoms with van der Waals surface area (Å²) in [6.45, 7) is 0.785. The zero-order valence-corrected chi connectivity index (χ0v) is 10.5. The van der Waals surface area contributed by atoms with E-state index in [0.29, 0.717) is 5.65 Å². The molecule has 0 aliphatic rings. The largest absolute Gasteiger partial charge is 0.481 e. The van der Waals surface area contributed by atoms with Crippen molar-refractivity contribution < 1.29 is 9.90 Å². The van der Waals surface area contributed by atoms with Gasteiger partial charge in [-0.1, -0.05) is 12.8 Å². The maximum absolute atomic E-state index is 10.3. The molecule has 0 atom stereocenters. The maximum Gasteiger partial charge on any atom is 0.303 e. The van der Waals surface area contributed by atoms with Gasteiger partial charge in [0.05, 0.1) is 12.4 Å². The molecule has 0 spiro atoms. The Morgan fingerprint density at radius 1 is 1.26 bits per heavy atom. The number of nitrogens with one attached hydrogen (secondary N) is 1. The van der Waals surface area contributed by atoms with Gasteiger partial charge in [0.2, 0.25) is 0 Å². The Hall–Kier alpha value is -2.25. The zero-order valence-electron chi connectivity index (χ0n) is 10.5. The Labute approximate surface area is 109 Å². The second-order valence-electron chi connectivity index (χ2n) is 4.23. The normalized spacial score (nSPS) is 10.7. The van der Waals surface area contributed by atoms with E-state index in [0.717, 1.165) is 38.0 Å². The molecule has 2 heterocycles. The van der Waals surface area contributed by atoms with Crippen molar-refractivity contribution in [2.45, 2.75) is 32.1 Å². The van der Waals surface area contributed by atoms with Crippen LogP contribution < -0.4 is 5.32 Å². The molecule has 2 rings (SSSR count). The molecule has 0 amide bonds. The number of anilines is 1. The van der Waals surface area contributed by atoms with Gasteiger partial charge >= 0.3 is 5.97 Å². The molecule has 0 aliphatic heterocycles. The van der Waals surface area contributed by atoms with Crippen LogP contribution in [0.4, 0.5) is 5.82 Å². The Bertz CT molecular complexity index is 541. The third-order valence-corrected chi connectivity index (χ3v) is 2.73. The van der Waals surface area contributed by atoms with Crippen molar-refractivity contribution in [3.8, 4) is 0 Å². The molecule has 19 heavy (non-hydrogen) atoms. The molecular weight excluding hydrogens is 248 g/mol. The first-order valence-electron chi connectivity index (χ1n) is 6.25.